The molecule has 128 valence electrons. The first-order chi connectivity index (χ1) is 12.0. The molecule has 2 aromatic heterocycles. The second kappa shape index (κ2) is 6.09. The number of nitrogens with zero attached hydrogens (tertiary/aromatic N) is 2. The van der Waals surface area contributed by atoms with Gasteiger partial charge in [0.25, 0.3) is 0 Å². The highest BCUT2D eigenvalue weighted by molar-refractivity contribution is 7.22. The molecular formula is C18H18N4O2S. The minimum Gasteiger partial charge on any atom is -0.490 e. The van der Waals surface area contributed by atoms with Gasteiger partial charge >= 0.3 is 0 Å². The average molecular weight is 354 g/mol. The van der Waals surface area contributed by atoms with E-state index in [-0.39, 0.29) is 11.4 Å². The number of benzene rings is 1. The summed E-state index contributed by atoms with van der Waals surface area (Å²) < 4.78 is 6.79. The van der Waals surface area contributed by atoms with Crippen molar-refractivity contribution in [3.05, 3.63) is 36.7 Å². The SMILES string of the molecule is CC(=O)Nc1nc2ccc(-c3cncc(OCC4(N)CC4)c3)cc2s1. The van der Waals surface area contributed by atoms with Gasteiger partial charge in [0.15, 0.2) is 5.13 Å². The molecule has 0 radical (unpaired) electrons. The molecule has 1 saturated carbocycles. The maximum atomic E-state index is 11.2. The summed E-state index contributed by atoms with van der Waals surface area (Å²) in [6.45, 7) is 1.99. The largest absolute Gasteiger partial charge is 0.490 e. The van der Waals surface area contributed by atoms with Crippen molar-refractivity contribution in [1.82, 2.24) is 9.97 Å². The summed E-state index contributed by atoms with van der Waals surface area (Å²) in [6.07, 6.45) is 5.53. The Hall–Kier alpha value is -2.51. The number of nitrogens with two attached hydrogens (primary N) is 1. The van der Waals surface area contributed by atoms with Gasteiger partial charge in [0.1, 0.15) is 12.4 Å². The molecule has 0 spiro atoms. The summed E-state index contributed by atoms with van der Waals surface area (Å²) in [5, 5.41) is 3.33. The average Bonchev–Trinajstić information content (AvgIpc) is 3.19. The van der Waals surface area contributed by atoms with E-state index >= 15 is 0 Å². The molecule has 3 N–H and O–H groups in total. The first kappa shape index (κ1) is 16.0. The Balaban J connectivity index is 1.58. The fraction of sp³-hybridized carbons (Fsp3) is 0.278. The Morgan fingerprint density at radius 2 is 2.16 bits per heavy atom. The number of anilines is 1. The Morgan fingerprint density at radius 3 is 2.92 bits per heavy atom. The minimum atomic E-state index is -0.155. The maximum Gasteiger partial charge on any atom is 0.223 e. The van der Waals surface area contributed by atoms with Crippen LogP contribution in [0.5, 0.6) is 5.75 Å². The number of ether oxygens (including phenoxy) is 1. The summed E-state index contributed by atoms with van der Waals surface area (Å²) >= 11 is 1.45. The Morgan fingerprint density at radius 1 is 1.32 bits per heavy atom. The lowest BCUT2D eigenvalue weighted by atomic mass is 10.1. The van der Waals surface area contributed by atoms with E-state index in [0.717, 1.165) is 39.9 Å². The first-order valence-electron chi connectivity index (χ1n) is 8.06. The monoisotopic (exact) mass is 354 g/mol. The van der Waals surface area contributed by atoms with Gasteiger partial charge in [0.2, 0.25) is 5.91 Å². The first-order valence-corrected chi connectivity index (χ1v) is 8.88. The van der Waals surface area contributed by atoms with Crippen LogP contribution in [0.2, 0.25) is 0 Å². The molecule has 0 unspecified atom stereocenters. The molecule has 1 aromatic carbocycles. The van der Waals surface area contributed by atoms with Crippen LogP contribution in [0.15, 0.2) is 36.7 Å². The number of thiazole rings is 1. The molecule has 0 saturated heterocycles. The Kier molecular flexibility index (Phi) is 3.89. The van der Waals surface area contributed by atoms with Crippen LogP contribution < -0.4 is 15.8 Å². The van der Waals surface area contributed by atoms with Crippen LogP contribution in [0.3, 0.4) is 0 Å². The number of hydrogen-bond donors (Lipinski definition) is 2. The highest BCUT2D eigenvalue weighted by atomic mass is 32.1. The van der Waals surface area contributed by atoms with E-state index in [1.54, 1.807) is 12.4 Å². The lowest BCUT2D eigenvalue weighted by Gasteiger charge is -2.11. The summed E-state index contributed by atoms with van der Waals surface area (Å²) in [7, 11) is 0. The van der Waals surface area contributed by atoms with Gasteiger partial charge in [-0.25, -0.2) is 4.98 Å². The van der Waals surface area contributed by atoms with Crippen LogP contribution in [-0.4, -0.2) is 28.0 Å². The Bertz CT molecular complexity index is 949. The van der Waals surface area contributed by atoms with Gasteiger partial charge in [-0.2, -0.15) is 0 Å². The molecule has 1 aliphatic carbocycles. The molecule has 4 rings (SSSR count). The number of nitrogens with one attached hydrogen (secondary N) is 1. The fourth-order valence-electron chi connectivity index (χ4n) is 2.50. The number of pyridine rings is 1. The number of rotatable bonds is 5. The van der Waals surface area contributed by atoms with Crippen molar-refractivity contribution in [1.29, 1.82) is 0 Å². The minimum absolute atomic E-state index is 0.123. The van der Waals surface area contributed by atoms with Gasteiger partial charge in [0, 0.05) is 18.7 Å². The zero-order valence-corrected chi connectivity index (χ0v) is 14.6. The summed E-state index contributed by atoms with van der Waals surface area (Å²) in [4.78, 5) is 19.8. The Labute approximate surface area is 149 Å². The quantitative estimate of drug-likeness (QED) is 0.734. The lowest BCUT2D eigenvalue weighted by molar-refractivity contribution is -0.114. The van der Waals surface area contributed by atoms with Crippen LogP contribution in [0.1, 0.15) is 19.8 Å². The molecule has 6 nitrogen and oxygen atoms in total. The van der Waals surface area contributed by atoms with Crippen LogP contribution in [0.25, 0.3) is 21.3 Å². The number of fused-ring (bicyclic) bond motifs is 1. The van der Waals surface area contributed by atoms with E-state index < -0.39 is 0 Å². The molecule has 25 heavy (non-hydrogen) atoms. The van der Waals surface area contributed by atoms with Crippen LogP contribution in [0, 0.1) is 0 Å². The van der Waals surface area contributed by atoms with Gasteiger partial charge < -0.3 is 15.8 Å². The number of carbonyl (C=O) groups excluding carboxylic acids is 1. The summed E-state index contributed by atoms with van der Waals surface area (Å²) in [5.74, 6) is 0.597. The normalized spacial score (nSPS) is 15.1. The topological polar surface area (TPSA) is 90.1 Å². The van der Waals surface area contributed by atoms with Crippen molar-refractivity contribution in [3.63, 3.8) is 0 Å². The van der Waals surface area contributed by atoms with Crippen molar-refractivity contribution in [2.45, 2.75) is 25.3 Å². The van der Waals surface area contributed by atoms with Crippen molar-refractivity contribution in [2.75, 3.05) is 11.9 Å². The molecule has 3 aromatic rings. The maximum absolute atomic E-state index is 11.2. The number of aromatic nitrogens is 2. The van der Waals surface area contributed by atoms with Crippen molar-refractivity contribution in [3.8, 4) is 16.9 Å². The smallest absolute Gasteiger partial charge is 0.223 e. The van der Waals surface area contributed by atoms with E-state index in [1.165, 1.54) is 18.3 Å². The molecule has 0 atom stereocenters. The van der Waals surface area contributed by atoms with E-state index in [1.807, 2.05) is 24.3 Å². The fourth-order valence-corrected chi connectivity index (χ4v) is 3.45. The third kappa shape index (κ3) is 3.62. The molecule has 1 amide bonds. The van der Waals surface area contributed by atoms with Crippen LogP contribution >= 0.6 is 11.3 Å². The van der Waals surface area contributed by atoms with E-state index in [4.69, 9.17) is 10.5 Å². The van der Waals surface area contributed by atoms with Gasteiger partial charge in [0.05, 0.1) is 22.0 Å². The highest BCUT2D eigenvalue weighted by Crippen LogP contribution is 2.34. The third-order valence-electron chi connectivity index (χ3n) is 4.14. The summed E-state index contributed by atoms with van der Waals surface area (Å²) in [6, 6.07) is 7.95. The number of amides is 1. The second-order valence-electron chi connectivity index (χ2n) is 6.44. The third-order valence-corrected chi connectivity index (χ3v) is 5.07. The molecule has 0 bridgehead atoms. The number of hydrogen-bond acceptors (Lipinski definition) is 6. The van der Waals surface area contributed by atoms with E-state index in [9.17, 15) is 4.79 Å². The van der Waals surface area contributed by atoms with Crippen molar-refractivity contribution < 1.29 is 9.53 Å². The predicted molar refractivity (Wildman–Crippen MR) is 98.8 cm³/mol. The molecule has 7 heteroatoms. The predicted octanol–water partition coefficient (Wildman–Crippen LogP) is 3.19. The molecule has 0 aliphatic heterocycles. The van der Waals surface area contributed by atoms with E-state index in [2.05, 4.69) is 15.3 Å². The van der Waals surface area contributed by atoms with Crippen LogP contribution in [-0.2, 0) is 4.79 Å². The zero-order chi connectivity index (χ0) is 17.4. The van der Waals surface area contributed by atoms with Crippen molar-refractivity contribution >= 4 is 32.6 Å². The lowest BCUT2D eigenvalue weighted by Crippen LogP contribution is -2.29. The van der Waals surface area contributed by atoms with Gasteiger partial charge in [-0.15, -0.1) is 0 Å². The molecule has 2 heterocycles. The highest BCUT2D eigenvalue weighted by Gasteiger charge is 2.39. The second-order valence-corrected chi connectivity index (χ2v) is 7.47. The standard InChI is InChI=1S/C18H18N4O2S/c1-11(23)21-17-22-15-3-2-12(7-16(15)25-17)13-6-14(9-20-8-13)24-10-18(19)4-5-18/h2-3,6-9H,4-5,10,19H2,1H3,(H,21,22,23). The molecule has 1 aliphatic rings. The summed E-state index contributed by atoms with van der Waals surface area (Å²) in [5.41, 5.74) is 8.76. The molecule has 1 fully saturated rings. The van der Waals surface area contributed by atoms with Gasteiger partial charge in [-0.1, -0.05) is 17.4 Å². The zero-order valence-electron chi connectivity index (χ0n) is 13.8. The van der Waals surface area contributed by atoms with E-state index in [0.29, 0.717) is 11.7 Å². The molecular weight excluding hydrogens is 336 g/mol. The number of carbonyl (C=O) groups is 1. The van der Waals surface area contributed by atoms with Gasteiger partial charge in [-0.05, 0) is 36.6 Å². The van der Waals surface area contributed by atoms with Crippen molar-refractivity contribution in [2.24, 2.45) is 5.73 Å². The van der Waals surface area contributed by atoms with Crippen LogP contribution in [0.4, 0.5) is 5.13 Å². The van der Waals surface area contributed by atoms with Gasteiger partial charge in [-0.3, -0.25) is 9.78 Å².